The third-order valence-electron chi connectivity index (χ3n) is 4.24. The summed E-state index contributed by atoms with van der Waals surface area (Å²) in [5.74, 6) is 1.76. The molecule has 1 aromatic rings. The van der Waals surface area contributed by atoms with E-state index in [0.717, 1.165) is 30.8 Å². The number of nitrogens with two attached hydrogens (primary N) is 1. The Labute approximate surface area is 125 Å². The van der Waals surface area contributed by atoms with E-state index in [9.17, 15) is 4.79 Å². The lowest BCUT2D eigenvalue weighted by atomic mass is 10.1. The number of para-hydroxylation sites is 2. The maximum atomic E-state index is 12.4. The predicted octanol–water partition coefficient (Wildman–Crippen LogP) is 1.41. The maximum Gasteiger partial charge on any atom is 0.225 e. The highest BCUT2D eigenvalue weighted by atomic mass is 16.6. The molecule has 3 unspecified atom stereocenters. The second-order valence-corrected chi connectivity index (χ2v) is 5.99. The quantitative estimate of drug-likeness (QED) is 0.914. The van der Waals surface area contributed by atoms with Gasteiger partial charge in [-0.05, 0) is 31.4 Å². The largest absolute Gasteiger partial charge is 0.486 e. The van der Waals surface area contributed by atoms with E-state index in [-0.39, 0.29) is 24.0 Å². The van der Waals surface area contributed by atoms with E-state index in [1.54, 1.807) is 4.90 Å². The number of ether oxygens (including phenoxy) is 2. The molecule has 5 nitrogen and oxygen atoms in total. The lowest BCUT2D eigenvalue weighted by molar-refractivity contribution is -0.135. The first-order valence-corrected chi connectivity index (χ1v) is 7.52. The van der Waals surface area contributed by atoms with Crippen LogP contribution < -0.4 is 15.2 Å². The summed E-state index contributed by atoms with van der Waals surface area (Å²) >= 11 is 0. The molecule has 3 atom stereocenters. The van der Waals surface area contributed by atoms with Crippen molar-refractivity contribution in [2.24, 2.45) is 11.7 Å². The molecule has 1 aliphatic carbocycles. The molecule has 2 N–H and O–H groups in total. The van der Waals surface area contributed by atoms with Crippen LogP contribution in [-0.4, -0.2) is 43.2 Å². The van der Waals surface area contributed by atoms with Crippen LogP contribution in [-0.2, 0) is 4.79 Å². The highest BCUT2D eigenvalue weighted by molar-refractivity contribution is 5.79. The van der Waals surface area contributed by atoms with E-state index in [1.807, 2.05) is 31.3 Å². The van der Waals surface area contributed by atoms with Gasteiger partial charge in [0.2, 0.25) is 5.91 Å². The standard InChI is InChI=1S/C16H22N2O3/c1-18(16(19)11-6-7-12(17)8-11)9-13-10-20-14-4-2-3-5-15(14)21-13/h2-5,11-13H,6-10,17H2,1H3. The van der Waals surface area contributed by atoms with Gasteiger partial charge in [-0.3, -0.25) is 4.79 Å². The van der Waals surface area contributed by atoms with E-state index in [2.05, 4.69) is 0 Å². The van der Waals surface area contributed by atoms with Crippen LogP contribution in [0.25, 0.3) is 0 Å². The third-order valence-corrected chi connectivity index (χ3v) is 4.24. The Morgan fingerprint density at radius 3 is 2.81 bits per heavy atom. The monoisotopic (exact) mass is 290 g/mol. The second-order valence-electron chi connectivity index (χ2n) is 5.99. The molecule has 1 fully saturated rings. The molecule has 0 radical (unpaired) electrons. The van der Waals surface area contributed by atoms with Gasteiger partial charge in [-0.15, -0.1) is 0 Å². The second kappa shape index (κ2) is 5.93. The minimum absolute atomic E-state index is 0.0711. The van der Waals surface area contributed by atoms with Crippen LogP contribution >= 0.6 is 0 Å². The fourth-order valence-electron chi connectivity index (χ4n) is 3.10. The maximum absolute atomic E-state index is 12.4. The van der Waals surface area contributed by atoms with Crippen molar-refractivity contribution in [3.63, 3.8) is 0 Å². The molecule has 3 rings (SSSR count). The van der Waals surface area contributed by atoms with Crippen molar-refractivity contribution < 1.29 is 14.3 Å². The molecule has 1 aromatic carbocycles. The Morgan fingerprint density at radius 2 is 2.10 bits per heavy atom. The molecule has 0 aromatic heterocycles. The van der Waals surface area contributed by atoms with Gasteiger partial charge in [-0.1, -0.05) is 12.1 Å². The zero-order chi connectivity index (χ0) is 14.8. The molecule has 114 valence electrons. The molecule has 1 saturated carbocycles. The van der Waals surface area contributed by atoms with Crippen LogP contribution in [0.1, 0.15) is 19.3 Å². The van der Waals surface area contributed by atoms with Gasteiger partial charge in [0, 0.05) is 19.0 Å². The Morgan fingerprint density at radius 1 is 1.33 bits per heavy atom. The van der Waals surface area contributed by atoms with E-state index in [1.165, 1.54) is 0 Å². The first kappa shape index (κ1) is 14.2. The topological polar surface area (TPSA) is 64.8 Å². The number of carbonyl (C=O) groups is 1. The molecule has 5 heteroatoms. The number of nitrogens with zero attached hydrogens (tertiary/aromatic N) is 1. The molecule has 1 amide bonds. The van der Waals surface area contributed by atoms with E-state index in [0.29, 0.717) is 13.2 Å². The number of amides is 1. The summed E-state index contributed by atoms with van der Waals surface area (Å²) in [4.78, 5) is 14.1. The summed E-state index contributed by atoms with van der Waals surface area (Å²) in [7, 11) is 1.83. The smallest absolute Gasteiger partial charge is 0.225 e. The first-order chi connectivity index (χ1) is 10.1. The van der Waals surface area contributed by atoms with Gasteiger partial charge in [0.1, 0.15) is 6.61 Å². The van der Waals surface area contributed by atoms with Gasteiger partial charge >= 0.3 is 0 Å². The lowest BCUT2D eigenvalue weighted by Crippen LogP contribution is -2.43. The summed E-state index contributed by atoms with van der Waals surface area (Å²) in [6.45, 7) is 1.01. The molecule has 21 heavy (non-hydrogen) atoms. The molecular formula is C16H22N2O3. The van der Waals surface area contributed by atoms with Gasteiger partial charge in [0.05, 0.1) is 6.54 Å². The third kappa shape index (κ3) is 3.13. The minimum atomic E-state index is -0.121. The molecule has 1 aliphatic heterocycles. The summed E-state index contributed by atoms with van der Waals surface area (Å²) < 4.78 is 11.6. The van der Waals surface area contributed by atoms with Crippen molar-refractivity contribution >= 4 is 5.91 Å². The zero-order valence-corrected chi connectivity index (χ0v) is 12.3. The SMILES string of the molecule is CN(CC1COc2ccccc2O1)C(=O)C1CCC(N)C1. The van der Waals surface area contributed by atoms with E-state index >= 15 is 0 Å². The fourth-order valence-corrected chi connectivity index (χ4v) is 3.10. The summed E-state index contributed by atoms with van der Waals surface area (Å²) in [6.07, 6.45) is 2.52. The Hall–Kier alpha value is -1.75. The number of hydrogen-bond donors (Lipinski definition) is 1. The number of fused-ring (bicyclic) bond motifs is 1. The van der Waals surface area contributed by atoms with Crippen molar-refractivity contribution in [3.05, 3.63) is 24.3 Å². The average molecular weight is 290 g/mol. The van der Waals surface area contributed by atoms with Gasteiger partial charge in [0.15, 0.2) is 17.6 Å². The van der Waals surface area contributed by atoms with Crippen LogP contribution in [0.2, 0.25) is 0 Å². The van der Waals surface area contributed by atoms with Crippen molar-refractivity contribution in [2.75, 3.05) is 20.2 Å². The van der Waals surface area contributed by atoms with Crippen molar-refractivity contribution in [1.29, 1.82) is 0 Å². The molecule has 2 aliphatic rings. The van der Waals surface area contributed by atoms with Gasteiger partial charge in [-0.2, -0.15) is 0 Å². The number of likely N-dealkylation sites (N-methyl/N-ethyl adjacent to an activating group) is 1. The van der Waals surface area contributed by atoms with Crippen molar-refractivity contribution in [3.8, 4) is 11.5 Å². The van der Waals surface area contributed by atoms with Crippen LogP contribution in [0.5, 0.6) is 11.5 Å². The van der Waals surface area contributed by atoms with E-state index in [4.69, 9.17) is 15.2 Å². The minimum Gasteiger partial charge on any atom is -0.486 e. The number of benzene rings is 1. The van der Waals surface area contributed by atoms with Crippen molar-refractivity contribution in [2.45, 2.75) is 31.4 Å². The van der Waals surface area contributed by atoms with E-state index < -0.39 is 0 Å². The summed E-state index contributed by atoms with van der Waals surface area (Å²) in [6, 6.07) is 7.79. The number of carbonyl (C=O) groups excluding carboxylic acids is 1. The highest BCUT2D eigenvalue weighted by Crippen LogP contribution is 2.31. The average Bonchev–Trinajstić information content (AvgIpc) is 2.93. The molecule has 1 heterocycles. The molecule has 0 bridgehead atoms. The Kier molecular flexibility index (Phi) is 4.01. The van der Waals surface area contributed by atoms with Crippen LogP contribution in [0, 0.1) is 5.92 Å². The van der Waals surface area contributed by atoms with Crippen LogP contribution in [0.3, 0.4) is 0 Å². The van der Waals surface area contributed by atoms with Crippen LogP contribution in [0.4, 0.5) is 0 Å². The van der Waals surface area contributed by atoms with Gasteiger partial charge in [-0.25, -0.2) is 0 Å². The Bertz CT molecular complexity index is 520. The van der Waals surface area contributed by atoms with Crippen LogP contribution in [0.15, 0.2) is 24.3 Å². The number of hydrogen-bond acceptors (Lipinski definition) is 4. The molecule has 0 spiro atoms. The summed E-state index contributed by atoms with van der Waals surface area (Å²) in [5.41, 5.74) is 5.88. The summed E-state index contributed by atoms with van der Waals surface area (Å²) in [5, 5.41) is 0. The van der Waals surface area contributed by atoms with Crippen molar-refractivity contribution in [1.82, 2.24) is 4.90 Å². The molecule has 0 saturated heterocycles. The highest BCUT2D eigenvalue weighted by Gasteiger charge is 2.31. The number of rotatable bonds is 3. The normalized spacial score (nSPS) is 27.4. The Balaban J connectivity index is 1.56. The first-order valence-electron chi connectivity index (χ1n) is 7.52. The molecular weight excluding hydrogens is 268 g/mol. The lowest BCUT2D eigenvalue weighted by Gasteiger charge is -2.30. The zero-order valence-electron chi connectivity index (χ0n) is 12.3. The van der Waals surface area contributed by atoms with Gasteiger partial charge < -0.3 is 20.1 Å². The predicted molar refractivity (Wildman–Crippen MR) is 79.3 cm³/mol. The van der Waals surface area contributed by atoms with Gasteiger partial charge in [0.25, 0.3) is 0 Å². The fraction of sp³-hybridized carbons (Fsp3) is 0.562.